The summed E-state index contributed by atoms with van der Waals surface area (Å²) >= 11 is 0. The second kappa shape index (κ2) is 6.64. The van der Waals surface area contributed by atoms with Gasteiger partial charge in [0.25, 0.3) is 11.8 Å². The summed E-state index contributed by atoms with van der Waals surface area (Å²) in [5.41, 5.74) is 6.70. The van der Waals surface area contributed by atoms with Crippen LogP contribution in [0.15, 0.2) is 71.8 Å². The van der Waals surface area contributed by atoms with Crippen molar-refractivity contribution in [2.45, 2.75) is 13.8 Å². The number of hydrogen-bond acceptors (Lipinski definition) is 2. The lowest BCUT2D eigenvalue weighted by atomic mass is 10.0. The van der Waals surface area contributed by atoms with Gasteiger partial charge in [0, 0.05) is 25.2 Å². The van der Waals surface area contributed by atoms with Crippen molar-refractivity contribution in [2.24, 2.45) is 0 Å². The van der Waals surface area contributed by atoms with Crippen molar-refractivity contribution in [3.63, 3.8) is 0 Å². The predicted octanol–water partition coefficient (Wildman–Crippen LogP) is 3.93. The Morgan fingerprint density at radius 2 is 0.964 bits per heavy atom. The van der Waals surface area contributed by atoms with E-state index in [1.54, 1.807) is 23.9 Å². The van der Waals surface area contributed by atoms with Crippen LogP contribution in [0.4, 0.5) is 0 Å². The van der Waals surface area contributed by atoms with E-state index in [9.17, 15) is 9.59 Å². The normalized spacial score (nSPS) is 19.4. The second-order valence-electron chi connectivity index (χ2n) is 7.24. The summed E-state index contributed by atoms with van der Waals surface area (Å²) in [6, 6.07) is 15.9. The van der Waals surface area contributed by atoms with Crippen LogP contribution in [0, 0.1) is 13.8 Å². The molecule has 0 fully saturated rings. The first-order chi connectivity index (χ1) is 13.4. The summed E-state index contributed by atoms with van der Waals surface area (Å²) in [5.74, 6) is -0.311. The second-order valence-corrected chi connectivity index (χ2v) is 7.24. The third kappa shape index (κ3) is 2.69. The van der Waals surface area contributed by atoms with E-state index in [-0.39, 0.29) is 11.8 Å². The summed E-state index contributed by atoms with van der Waals surface area (Å²) in [7, 11) is 3.51. The van der Waals surface area contributed by atoms with Crippen molar-refractivity contribution >= 4 is 23.2 Å². The molecule has 2 heterocycles. The van der Waals surface area contributed by atoms with Crippen LogP contribution in [0.5, 0.6) is 0 Å². The molecule has 4 rings (SSSR count). The van der Waals surface area contributed by atoms with Gasteiger partial charge in [-0.1, -0.05) is 48.5 Å². The Morgan fingerprint density at radius 3 is 1.32 bits per heavy atom. The van der Waals surface area contributed by atoms with Crippen LogP contribution in [0.1, 0.15) is 22.3 Å². The highest BCUT2D eigenvalue weighted by Crippen LogP contribution is 2.36. The molecule has 4 nitrogen and oxygen atoms in total. The number of carbonyl (C=O) groups is 2. The smallest absolute Gasteiger partial charge is 0.258 e. The third-order valence-electron chi connectivity index (χ3n) is 5.49. The van der Waals surface area contributed by atoms with E-state index in [0.717, 1.165) is 33.6 Å². The zero-order chi connectivity index (χ0) is 20.0. The van der Waals surface area contributed by atoms with Crippen molar-refractivity contribution < 1.29 is 9.59 Å². The van der Waals surface area contributed by atoms with Crippen molar-refractivity contribution in [3.05, 3.63) is 94.1 Å². The van der Waals surface area contributed by atoms with Gasteiger partial charge in [0.05, 0.1) is 22.5 Å². The van der Waals surface area contributed by atoms with Gasteiger partial charge in [-0.15, -0.1) is 0 Å². The molecule has 2 aromatic carbocycles. The number of nitrogens with zero attached hydrogens (tertiary/aromatic N) is 2. The number of benzene rings is 2. The van der Waals surface area contributed by atoms with Crippen LogP contribution in [0.2, 0.25) is 0 Å². The van der Waals surface area contributed by atoms with Crippen molar-refractivity contribution in [1.29, 1.82) is 0 Å². The van der Waals surface area contributed by atoms with Gasteiger partial charge in [-0.2, -0.15) is 0 Å². The summed E-state index contributed by atoms with van der Waals surface area (Å²) < 4.78 is 0. The number of aryl methyl sites for hydroxylation is 2. The molecular weight excluding hydrogens is 348 g/mol. The van der Waals surface area contributed by atoms with Crippen LogP contribution in [-0.2, 0) is 9.59 Å². The van der Waals surface area contributed by atoms with Crippen molar-refractivity contribution in [3.8, 4) is 0 Å². The maximum atomic E-state index is 13.0. The Bertz CT molecular complexity index is 1020. The quantitative estimate of drug-likeness (QED) is 0.752. The van der Waals surface area contributed by atoms with Gasteiger partial charge in [0.1, 0.15) is 0 Å². The topological polar surface area (TPSA) is 40.6 Å². The van der Waals surface area contributed by atoms with Gasteiger partial charge in [-0.3, -0.25) is 9.59 Å². The molecule has 0 saturated carbocycles. The summed E-state index contributed by atoms with van der Waals surface area (Å²) in [4.78, 5) is 29.2. The highest BCUT2D eigenvalue weighted by Gasteiger charge is 2.35. The lowest BCUT2D eigenvalue weighted by Gasteiger charge is -2.16. The van der Waals surface area contributed by atoms with Crippen LogP contribution in [0.25, 0.3) is 11.4 Å². The fraction of sp³-hybridized carbons (Fsp3) is 0.167. The Morgan fingerprint density at radius 1 is 0.607 bits per heavy atom. The summed E-state index contributed by atoms with van der Waals surface area (Å²) in [5, 5.41) is 0. The molecule has 0 bridgehead atoms. The number of hydrogen-bond donors (Lipinski definition) is 0. The minimum atomic E-state index is -0.155. The zero-order valence-corrected chi connectivity index (χ0v) is 16.5. The average Bonchev–Trinajstić information content (AvgIpc) is 3.14. The van der Waals surface area contributed by atoms with Crippen LogP contribution < -0.4 is 0 Å². The maximum Gasteiger partial charge on any atom is 0.258 e. The first-order valence-electron chi connectivity index (χ1n) is 9.26. The van der Waals surface area contributed by atoms with Gasteiger partial charge >= 0.3 is 0 Å². The molecule has 0 spiro atoms. The Balaban J connectivity index is 1.86. The monoisotopic (exact) mass is 370 g/mol. The molecule has 2 aliphatic heterocycles. The van der Waals surface area contributed by atoms with Gasteiger partial charge in [0.15, 0.2) is 0 Å². The zero-order valence-electron chi connectivity index (χ0n) is 16.5. The van der Waals surface area contributed by atoms with E-state index in [1.165, 1.54) is 0 Å². The molecule has 2 amide bonds. The highest BCUT2D eigenvalue weighted by atomic mass is 16.2. The van der Waals surface area contributed by atoms with E-state index >= 15 is 0 Å². The Kier molecular flexibility index (Phi) is 4.27. The molecule has 0 unspecified atom stereocenters. The molecule has 0 aliphatic carbocycles. The maximum absolute atomic E-state index is 13.0. The molecule has 140 valence electrons. The number of carbonyl (C=O) groups excluding carboxylic acids is 2. The molecular formula is C24H22N2O2. The van der Waals surface area contributed by atoms with E-state index in [2.05, 4.69) is 0 Å². The molecule has 28 heavy (non-hydrogen) atoms. The molecule has 0 saturated heterocycles. The minimum absolute atomic E-state index is 0.155. The molecule has 2 aromatic rings. The summed E-state index contributed by atoms with van der Waals surface area (Å²) in [6.45, 7) is 4.04. The van der Waals surface area contributed by atoms with E-state index in [0.29, 0.717) is 11.1 Å². The van der Waals surface area contributed by atoms with Gasteiger partial charge in [-0.25, -0.2) is 0 Å². The number of likely N-dealkylation sites (N-methyl/N-ethyl adjacent to an activating group) is 2. The van der Waals surface area contributed by atoms with Crippen molar-refractivity contribution in [2.75, 3.05) is 14.1 Å². The minimum Gasteiger partial charge on any atom is -0.311 e. The van der Waals surface area contributed by atoms with Gasteiger partial charge in [-0.05, 0) is 37.1 Å². The molecule has 0 N–H and O–H groups in total. The molecule has 0 atom stereocenters. The molecule has 0 radical (unpaired) electrons. The van der Waals surface area contributed by atoms with Crippen LogP contribution in [-0.4, -0.2) is 35.7 Å². The Hall–Kier alpha value is -3.40. The van der Waals surface area contributed by atoms with E-state index < -0.39 is 0 Å². The first-order valence-corrected chi connectivity index (χ1v) is 9.26. The lowest BCUT2D eigenvalue weighted by Crippen LogP contribution is -2.24. The largest absolute Gasteiger partial charge is 0.311 e. The number of amides is 2. The van der Waals surface area contributed by atoms with E-state index in [1.807, 2.05) is 74.5 Å². The summed E-state index contributed by atoms with van der Waals surface area (Å²) in [6.07, 6.45) is 3.67. The van der Waals surface area contributed by atoms with Gasteiger partial charge in [0.2, 0.25) is 0 Å². The fourth-order valence-corrected chi connectivity index (χ4v) is 3.79. The number of rotatable bonds is 2. The average molecular weight is 370 g/mol. The molecule has 4 heteroatoms. The van der Waals surface area contributed by atoms with E-state index in [4.69, 9.17) is 0 Å². The third-order valence-corrected chi connectivity index (χ3v) is 5.49. The Labute approximate surface area is 165 Å². The lowest BCUT2D eigenvalue weighted by molar-refractivity contribution is -0.124. The predicted molar refractivity (Wildman–Crippen MR) is 111 cm³/mol. The van der Waals surface area contributed by atoms with Crippen LogP contribution in [0.3, 0.4) is 0 Å². The van der Waals surface area contributed by atoms with Gasteiger partial charge < -0.3 is 9.80 Å². The molecule has 2 aliphatic rings. The SMILES string of the molecule is Cc1ccccc1C1=C/C(=C2/C=C(c3ccccc3C)N(C)C2=O)C(=O)N1C. The standard InChI is InChI=1S/C24H22N2O2/c1-15-9-5-7-11-17(15)21-13-19(23(27)25(21)3)20-14-22(26(4)24(20)28)18-12-8-6-10-16(18)2/h5-14H,1-4H3/b20-19+. The highest BCUT2D eigenvalue weighted by molar-refractivity contribution is 6.18. The fourth-order valence-electron chi connectivity index (χ4n) is 3.79. The first kappa shape index (κ1) is 18.0. The van der Waals surface area contributed by atoms with Crippen molar-refractivity contribution in [1.82, 2.24) is 9.80 Å². The molecule has 0 aromatic heterocycles. The van der Waals surface area contributed by atoms with Crippen LogP contribution >= 0.6 is 0 Å².